The molecular formula is C20H19Cl3N2O. The van der Waals surface area contributed by atoms with Gasteiger partial charge in [0.1, 0.15) is 0 Å². The third kappa shape index (κ3) is 4.41. The van der Waals surface area contributed by atoms with Crippen molar-refractivity contribution < 1.29 is 4.79 Å². The first kappa shape index (κ1) is 19.2. The third-order valence-corrected chi connectivity index (χ3v) is 5.61. The molecule has 1 aliphatic heterocycles. The standard InChI is InChI=1S/C20H19Cl3N2O/c1-13(20(26)24-19-12-17(22)16(21)11-18(19)23)25-9-7-15(8-10-25)14-5-3-2-4-6-14/h2-7,11-13H,8-10H2,1H3,(H,24,26)/t13-/m0/s1. The maximum Gasteiger partial charge on any atom is 0.241 e. The Labute approximate surface area is 168 Å². The highest BCUT2D eigenvalue weighted by molar-refractivity contribution is 6.44. The Bertz CT molecular complexity index is 836. The summed E-state index contributed by atoms with van der Waals surface area (Å²) < 4.78 is 0. The molecule has 0 saturated heterocycles. The molecule has 1 heterocycles. The molecule has 136 valence electrons. The molecule has 0 bridgehead atoms. The van der Waals surface area contributed by atoms with E-state index in [-0.39, 0.29) is 11.9 Å². The van der Waals surface area contributed by atoms with E-state index in [9.17, 15) is 4.79 Å². The third-order valence-electron chi connectivity index (χ3n) is 4.58. The van der Waals surface area contributed by atoms with E-state index >= 15 is 0 Å². The van der Waals surface area contributed by atoms with Crippen molar-refractivity contribution in [2.45, 2.75) is 19.4 Å². The SMILES string of the molecule is C[C@@H](C(=O)Nc1cc(Cl)c(Cl)cc1Cl)N1CC=C(c2ccccc2)CC1. The summed E-state index contributed by atoms with van der Waals surface area (Å²) in [5.74, 6) is -0.123. The maximum atomic E-state index is 12.6. The molecule has 6 heteroatoms. The fourth-order valence-corrected chi connectivity index (χ4v) is 3.57. The number of carbonyl (C=O) groups is 1. The Kier molecular flexibility index (Phi) is 6.25. The molecule has 1 aliphatic rings. The minimum absolute atomic E-state index is 0.123. The van der Waals surface area contributed by atoms with Crippen LogP contribution in [0.5, 0.6) is 0 Å². The highest BCUT2D eigenvalue weighted by Gasteiger charge is 2.24. The van der Waals surface area contributed by atoms with Crippen molar-refractivity contribution in [1.29, 1.82) is 0 Å². The zero-order valence-electron chi connectivity index (χ0n) is 14.3. The number of nitrogens with one attached hydrogen (secondary N) is 1. The second-order valence-corrected chi connectivity index (χ2v) is 7.47. The van der Waals surface area contributed by atoms with Gasteiger partial charge in [-0.15, -0.1) is 0 Å². The van der Waals surface area contributed by atoms with Gasteiger partial charge >= 0.3 is 0 Å². The monoisotopic (exact) mass is 408 g/mol. The van der Waals surface area contributed by atoms with Crippen molar-refractivity contribution in [3.63, 3.8) is 0 Å². The van der Waals surface area contributed by atoms with Gasteiger partial charge in [0.2, 0.25) is 5.91 Å². The van der Waals surface area contributed by atoms with E-state index < -0.39 is 0 Å². The number of amides is 1. The Balaban J connectivity index is 1.65. The molecular weight excluding hydrogens is 391 g/mol. The molecule has 0 saturated carbocycles. The van der Waals surface area contributed by atoms with Gasteiger partial charge in [-0.3, -0.25) is 9.69 Å². The first-order valence-corrected chi connectivity index (χ1v) is 9.53. The predicted molar refractivity (Wildman–Crippen MR) is 110 cm³/mol. The van der Waals surface area contributed by atoms with Crippen LogP contribution in [0.25, 0.3) is 5.57 Å². The van der Waals surface area contributed by atoms with Gasteiger partial charge in [0, 0.05) is 13.1 Å². The van der Waals surface area contributed by atoms with Crippen LogP contribution in [0.4, 0.5) is 5.69 Å². The number of anilines is 1. The summed E-state index contributed by atoms with van der Waals surface area (Å²) in [5.41, 5.74) is 3.03. The summed E-state index contributed by atoms with van der Waals surface area (Å²) in [6, 6.07) is 13.1. The van der Waals surface area contributed by atoms with Crippen LogP contribution in [0, 0.1) is 0 Å². The molecule has 2 aromatic carbocycles. The first-order valence-electron chi connectivity index (χ1n) is 8.39. The largest absolute Gasteiger partial charge is 0.323 e. The maximum absolute atomic E-state index is 12.6. The topological polar surface area (TPSA) is 32.3 Å². The van der Waals surface area contributed by atoms with Crippen LogP contribution >= 0.6 is 34.8 Å². The molecule has 0 radical (unpaired) electrons. The highest BCUT2D eigenvalue weighted by atomic mass is 35.5. The molecule has 1 amide bonds. The Morgan fingerprint density at radius 1 is 1.08 bits per heavy atom. The molecule has 0 fully saturated rings. The second kappa shape index (κ2) is 8.45. The smallest absolute Gasteiger partial charge is 0.241 e. The van der Waals surface area contributed by atoms with Crippen molar-refractivity contribution in [2.75, 3.05) is 18.4 Å². The lowest BCUT2D eigenvalue weighted by atomic mass is 9.99. The molecule has 3 rings (SSSR count). The first-order chi connectivity index (χ1) is 12.5. The lowest BCUT2D eigenvalue weighted by Gasteiger charge is -2.31. The number of benzene rings is 2. The minimum atomic E-state index is -0.283. The quantitative estimate of drug-likeness (QED) is 0.651. The number of nitrogens with zero attached hydrogens (tertiary/aromatic N) is 1. The minimum Gasteiger partial charge on any atom is -0.323 e. The van der Waals surface area contributed by atoms with E-state index in [0.717, 1.165) is 19.5 Å². The molecule has 2 aromatic rings. The van der Waals surface area contributed by atoms with Crippen molar-refractivity contribution >= 4 is 52.0 Å². The summed E-state index contributed by atoms with van der Waals surface area (Å²) in [7, 11) is 0. The number of hydrogen-bond donors (Lipinski definition) is 1. The van der Waals surface area contributed by atoms with Crippen molar-refractivity contribution in [1.82, 2.24) is 4.90 Å². The Morgan fingerprint density at radius 3 is 2.42 bits per heavy atom. The van der Waals surface area contributed by atoms with Crippen LogP contribution in [-0.2, 0) is 4.79 Å². The van der Waals surface area contributed by atoms with Crippen molar-refractivity contribution in [3.05, 3.63) is 69.2 Å². The average molecular weight is 410 g/mol. The lowest BCUT2D eigenvalue weighted by molar-refractivity contribution is -0.120. The van der Waals surface area contributed by atoms with Gasteiger partial charge in [0.15, 0.2) is 0 Å². The Hall–Kier alpha value is -1.52. The fraction of sp³-hybridized carbons (Fsp3) is 0.250. The summed E-state index contributed by atoms with van der Waals surface area (Å²) in [6.07, 6.45) is 3.10. The number of hydrogen-bond acceptors (Lipinski definition) is 2. The summed E-state index contributed by atoms with van der Waals surface area (Å²) in [6.45, 7) is 3.44. The molecule has 3 nitrogen and oxygen atoms in total. The molecule has 0 aromatic heterocycles. The molecule has 1 atom stereocenters. The number of halogens is 3. The van der Waals surface area contributed by atoms with Crippen LogP contribution in [0.15, 0.2) is 48.5 Å². The normalized spacial score (nSPS) is 16.1. The second-order valence-electron chi connectivity index (χ2n) is 6.25. The lowest BCUT2D eigenvalue weighted by Crippen LogP contribution is -2.44. The summed E-state index contributed by atoms with van der Waals surface area (Å²) in [4.78, 5) is 14.7. The van der Waals surface area contributed by atoms with E-state index in [1.54, 1.807) is 6.07 Å². The summed E-state index contributed by atoms with van der Waals surface area (Å²) >= 11 is 18.1. The van der Waals surface area contributed by atoms with E-state index in [4.69, 9.17) is 34.8 Å². The van der Waals surface area contributed by atoms with Crippen LogP contribution in [-0.4, -0.2) is 29.9 Å². The zero-order chi connectivity index (χ0) is 18.7. The highest BCUT2D eigenvalue weighted by Crippen LogP contribution is 2.32. The number of rotatable bonds is 4. The van der Waals surface area contributed by atoms with Gasteiger partial charge in [-0.1, -0.05) is 71.2 Å². The zero-order valence-corrected chi connectivity index (χ0v) is 16.6. The predicted octanol–water partition coefficient (Wildman–Crippen LogP) is 5.76. The summed E-state index contributed by atoms with van der Waals surface area (Å²) in [5, 5.41) is 3.92. The molecule has 0 aliphatic carbocycles. The van der Waals surface area contributed by atoms with Crippen molar-refractivity contribution in [3.8, 4) is 0 Å². The van der Waals surface area contributed by atoms with Gasteiger partial charge in [-0.05, 0) is 36.6 Å². The van der Waals surface area contributed by atoms with E-state index in [1.807, 2.05) is 25.1 Å². The van der Waals surface area contributed by atoms with Crippen LogP contribution in [0.2, 0.25) is 15.1 Å². The Morgan fingerprint density at radius 2 is 1.77 bits per heavy atom. The van der Waals surface area contributed by atoms with E-state index in [0.29, 0.717) is 20.8 Å². The van der Waals surface area contributed by atoms with Gasteiger partial charge < -0.3 is 5.32 Å². The van der Waals surface area contributed by atoms with E-state index in [2.05, 4.69) is 28.4 Å². The van der Waals surface area contributed by atoms with E-state index in [1.165, 1.54) is 17.2 Å². The average Bonchev–Trinajstić information content (AvgIpc) is 2.66. The van der Waals surface area contributed by atoms with Gasteiger partial charge in [0.25, 0.3) is 0 Å². The van der Waals surface area contributed by atoms with Gasteiger partial charge in [-0.25, -0.2) is 0 Å². The van der Waals surface area contributed by atoms with Crippen molar-refractivity contribution in [2.24, 2.45) is 0 Å². The molecule has 0 spiro atoms. The molecule has 0 unspecified atom stereocenters. The van der Waals surface area contributed by atoms with Crippen LogP contribution in [0.3, 0.4) is 0 Å². The fourth-order valence-electron chi connectivity index (χ4n) is 2.97. The van der Waals surface area contributed by atoms with Gasteiger partial charge in [-0.2, -0.15) is 0 Å². The molecule has 1 N–H and O–H groups in total. The van der Waals surface area contributed by atoms with Crippen LogP contribution < -0.4 is 5.32 Å². The number of carbonyl (C=O) groups excluding carboxylic acids is 1. The van der Waals surface area contributed by atoms with Gasteiger partial charge in [0.05, 0.1) is 26.8 Å². The molecule has 26 heavy (non-hydrogen) atoms. The van der Waals surface area contributed by atoms with Crippen LogP contribution in [0.1, 0.15) is 18.9 Å².